The van der Waals surface area contributed by atoms with Gasteiger partial charge in [-0.25, -0.2) is 4.79 Å². The summed E-state index contributed by atoms with van der Waals surface area (Å²) < 4.78 is 5.24. The van der Waals surface area contributed by atoms with Gasteiger partial charge in [0.15, 0.2) is 6.61 Å². The molecule has 1 atom stereocenters. The van der Waals surface area contributed by atoms with Crippen molar-refractivity contribution < 1.29 is 19.4 Å². The Kier molecular flexibility index (Phi) is 6.78. The lowest BCUT2D eigenvalue weighted by Crippen LogP contribution is -2.43. The fourth-order valence-corrected chi connectivity index (χ4v) is 1.99. The minimum atomic E-state index is -1.07. The van der Waals surface area contributed by atoms with E-state index in [9.17, 15) is 9.59 Å². The maximum absolute atomic E-state index is 11.7. The zero-order valence-corrected chi connectivity index (χ0v) is 13.2. The molecule has 0 saturated carbocycles. The summed E-state index contributed by atoms with van der Waals surface area (Å²) in [6.07, 6.45) is 0.346. The number of carboxylic acid groups (broad SMARTS) is 1. The van der Waals surface area contributed by atoms with E-state index in [2.05, 4.69) is 5.32 Å². The predicted molar refractivity (Wildman–Crippen MR) is 81.0 cm³/mol. The topological polar surface area (TPSA) is 75.6 Å². The molecule has 1 rings (SSSR count). The molecular formula is C14H17Cl2NO4. The first-order chi connectivity index (χ1) is 9.79. The standard InChI is InChI=1S/C14H17Cl2NO4/c1-8(2)5-11(14(19)20)17-13(18)7-21-12-6-9(15)3-4-10(12)16/h3-4,6,8,11H,5,7H2,1-2H3,(H,17,18)(H,19,20)/t11-/m1/s1. The number of hydrogen-bond donors (Lipinski definition) is 2. The van der Waals surface area contributed by atoms with Gasteiger partial charge in [-0.05, 0) is 24.5 Å². The smallest absolute Gasteiger partial charge is 0.326 e. The van der Waals surface area contributed by atoms with Crippen molar-refractivity contribution in [2.24, 2.45) is 5.92 Å². The first kappa shape index (κ1) is 17.6. The predicted octanol–water partition coefficient (Wildman–Crippen LogP) is 2.99. The third kappa shape index (κ3) is 6.23. The van der Waals surface area contributed by atoms with E-state index in [0.29, 0.717) is 16.5 Å². The summed E-state index contributed by atoms with van der Waals surface area (Å²) in [4.78, 5) is 22.8. The number of nitrogens with one attached hydrogen (secondary N) is 1. The third-order valence-electron chi connectivity index (χ3n) is 2.59. The van der Waals surface area contributed by atoms with Gasteiger partial charge in [0.2, 0.25) is 0 Å². The molecular weight excluding hydrogens is 317 g/mol. The van der Waals surface area contributed by atoms with Crippen molar-refractivity contribution in [3.63, 3.8) is 0 Å². The normalized spacial score (nSPS) is 12.0. The van der Waals surface area contributed by atoms with Gasteiger partial charge in [0.25, 0.3) is 5.91 Å². The maximum Gasteiger partial charge on any atom is 0.326 e. The van der Waals surface area contributed by atoms with Gasteiger partial charge >= 0.3 is 5.97 Å². The number of aliphatic carboxylic acids is 1. The van der Waals surface area contributed by atoms with Gasteiger partial charge in [-0.3, -0.25) is 4.79 Å². The zero-order valence-electron chi connectivity index (χ0n) is 11.7. The molecule has 1 aromatic rings. The molecule has 1 amide bonds. The minimum absolute atomic E-state index is 0.148. The Morgan fingerprint density at radius 1 is 1.33 bits per heavy atom. The molecule has 5 nitrogen and oxygen atoms in total. The van der Waals surface area contributed by atoms with Crippen LogP contribution < -0.4 is 10.1 Å². The van der Waals surface area contributed by atoms with E-state index in [4.69, 9.17) is 33.0 Å². The molecule has 0 saturated heterocycles. The number of carbonyl (C=O) groups is 2. The fraction of sp³-hybridized carbons (Fsp3) is 0.429. The summed E-state index contributed by atoms with van der Waals surface area (Å²) in [5, 5.41) is 12.2. The van der Waals surface area contributed by atoms with Gasteiger partial charge in [-0.2, -0.15) is 0 Å². The van der Waals surface area contributed by atoms with Crippen LogP contribution in [0.25, 0.3) is 0 Å². The highest BCUT2D eigenvalue weighted by molar-refractivity contribution is 6.34. The first-order valence-corrected chi connectivity index (χ1v) is 7.15. The number of ether oxygens (including phenoxy) is 1. The average Bonchev–Trinajstić information content (AvgIpc) is 2.38. The van der Waals surface area contributed by atoms with Crippen LogP contribution in [0.3, 0.4) is 0 Å². The quantitative estimate of drug-likeness (QED) is 0.804. The van der Waals surface area contributed by atoms with Crippen molar-refractivity contribution in [1.82, 2.24) is 5.32 Å². The van der Waals surface area contributed by atoms with Gasteiger partial charge in [0.05, 0.1) is 5.02 Å². The Morgan fingerprint density at radius 3 is 2.57 bits per heavy atom. The van der Waals surface area contributed by atoms with Crippen LogP contribution in [-0.4, -0.2) is 29.6 Å². The molecule has 0 spiro atoms. The molecule has 21 heavy (non-hydrogen) atoms. The van der Waals surface area contributed by atoms with Crippen LogP contribution in [0.5, 0.6) is 5.75 Å². The second-order valence-electron chi connectivity index (χ2n) is 4.95. The Balaban J connectivity index is 2.56. The maximum atomic E-state index is 11.7. The Morgan fingerprint density at radius 2 is 2.00 bits per heavy atom. The molecule has 0 aliphatic rings. The zero-order chi connectivity index (χ0) is 16.0. The molecule has 2 N–H and O–H groups in total. The summed E-state index contributed by atoms with van der Waals surface area (Å²) in [5.41, 5.74) is 0. The Hall–Kier alpha value is -1.46. The van der Waals surface area contributed by atoms with Crippen molar-refractivity contribution in [3.8, 4) is 5.75 Å². The van der Waals surface area contributed by atoms with Crippen molar-refractivity contribution in [1.29, 1.82) is 0 Å². The van der Waals surface area contributed by atoms with E-state index in [-0.39, 0.29) is 18.3 Å². The van der Waals surface area contributed by atoms with Gasteiger partial charge in [-0.1, -0.05) is 37.0 Å². The monoisotopic (exact) mass is 333 g/mol. The first-order valence-electron chi connectivity index (χ1n) is 6.39. The van der Waals surface area contributed by atoms with Crippen molar-refractivity contribution in [3.05, 3.63) is 28.2 Å². The van der Waals surface area contributed by atoms with E-state index in [1.807, 2.05) is 13.8 Å². The Labute approximate surface area is 133 Å². The summed E-state index contributed by atoms with van der Waals surface area (Å²) in [6, 6.07) is 3.70. The lowest BCUT2D eigenvalue weighted by molar-refractivity contribution is -0.142. The summed E-state index contributed by atoms with van der Waals surface area (Å²) in [6.45, 7) is 3.43. The SMILES string of the molecule is CC(C)C[C@@H](NC(=O)COc1cc(Cl)ccc1Cl)C(=O)O. The number of halogens is 2. The number of carboxylic acids is 1. The highest BCUT2D eigenvalue weighted by Gasteiger charge is 2.21. The van der Waals surface area contributed by atoms with Crippen molar-refractivity contribution in [2.75, 3.05) is 6.61 Å². The fourth-order valence-electron chi connectivity index (χ4n) is 1.66. The molecule has 0 bridgehead atoms. The van der Waals surface area contributed by atoms with Crippen LogP contribution in [-0.2, 0) is 9.59 Å². The number of rotatable bonds is 7. The minimum Gasteiger partial charge on any atom is -0.482 e. The lowest BCUT2D eigenvalue weighted by Gasteiger charge is -2.16. The summed E-state index contributed by atoms with van der Waals surface area (Å²) >= 11 is 11.7. The molecule has 0 aliphatic heterocycles. The molecule has 0 heterocycles. The number of carbonyl (C=O) groups excluding carboxylic acids is 1. The van der Waals surface area contributed by atoms with Crippen LogP contribution in [0.1, 0.15) is 20.3 Å². The van der Waals surface area contributed by atoms with Crippen LogP contribution in [0.4, 0.5) is 0 Å². The van der Waals surface area contributed by atoms with E-state index < -0.39 is 17.9 Å². The molecule has 116 valence electrons. The molecule has 0 aromatic heterocycles. The largest absolute Gasteiger partial charge is 0.482 e. The highest BCUT2D eigenvalue weighted by Crippen LogP contribution is 2.27. The second-order valence-corrected chi connectivity index (χ2v) is 5.79. The van der Waals surface area contributed by atoms with Crippen LogP contribution >= 0.6 is 23.2 Å². The van der Waals surface area contributed by atoms with Gasteiger partial charge in [0.1, 0.15) is 11.8 Å². The number of benzene rings is 1. The van der Waals surface area contributed by atoms with E-state index in [0.717, 1.165) is 0 Å². The molecule has 0 aliphatic carbocycles. The number of amides is 1. The van der Waals surface area contributed by atoms with E-state index >= 15 is 0 Å². The Bertz CT molecular complexity index is 520. The molecule has 7 heteroatoms. The van der Waals surface area contributed by atoms with Crippen LogP contribution in [0, 0.1) is 5.92 Å². The highest BCUT2D eigenvalue weighted by atomic mass is 35.5. The molecule has 0 unspecified atom stereocenters. The van der Waals surface area contributed by atoms with E-state index in [1.54, 1.807) is 12.1 Å². The van der Waals surface area contributed by atoms with Crippen LogP contribution in [0.15, 0.2) is 18.2 Å². The molecule has 0 fully saturated rings. The molecule has 1 aromatic carbocycles. The summed E-state index contributed by atoms with van der Waals surface area (Å²) in [7, 11) is 0. The van der Waals surface area contributed by atoms with E-state index in [1.165, 1.54) is 6.07 Å². The second kappa shape index (κ2) is 8.10. The number of hydrogen-bond acceptors (Lipinski definition) is 3. The van der Waals surface area contributed by atoms with Gasteiger partial charge < -0.3 is 15.2 Å². The van der Waals surface area contributed by atoms with Gasteiger partial charge in [-0.15, -0.1) is 0 Å². The van der Waals surface area contributed by atoms with Crippen LogP contribution in [0.2, 0.25) is 10.0 Å². The average molecular weight is 334 g/mol. The van der Waals surface area contributed by atoms with Crippen molar-refractivity contribution >= 4 is 35.1 Å². The van der Waals surface area contributed by atoms with Gasteiger partial charge in [0, 0.05) is 11.1 Å². The van der Waals surface area contributed by atoms with Crippen molar-refractivity contribution in [2.45, 2.75) is 26.3 Å². The lowest BCUT2D eigenvalue weighted by atomic mass is 10.0. The molecule has 0 radical (unpaired) electrons. The third-order valence-corrected chi connectivity index (χ3v) is 3.14. The summed E-state index contributed by atoms with van der Waals surface area (Å²) in [5.74, 6) is -1.18.